The molecule has 1 aromatic carbocycles. The molecule has 0 aliphatic rings. The third-order valence-electron chi connectivity index (χ3n) is 3.30. The van der Waals surface area contributed by atoms with E-state index in [4.69, 9.17) is 4.42 Å². The van der Waals surface area contributed by atoms with Crippen LogP contribution in [0.15, 0.2) is 47.1 Å². The Kier molecular flexibility index (Phi) is 5.36. The van der Waals surface area contributed by atoms with Gasteiger partial charge in [0, 0.05) is 25.6 Å². The number of benzene rings is 1. The maximum atomic E-state index is 12.0. The van der Waals surface area contributed by atoms with Crippen LogP contribution in [0, 0.1) is 6.92 Å². The molecule has 22 heavy (non-hydrogen) atoms. The number of nitrogens with zero attached hydrogens (tertiary/aromatic N) is 1. The largest absolute Gasteiger partial charge is 0.467 e. The number of carbonyl (C=O) groups is 2. The molecule has 1 N–H and O–H groups in total. The van der Waals surface area contributed by atoms with Gasteiger partial charge in [0.25, 0.3) is 5.91 Å². The predicted molar refractivity (Wildman–Crippen MR) is 83.3 cm³/mol. The number of hydrogen-bond acceptors (Lipinski definition) is 3. The number of nitrogens with one attached hydrogen (secondary N) is 1. The molecule has 0 radical (unpaired) electrons. The first-order valence-corrected chi connectivity index (χ1v) is 7.17. The number of furan rings is 1. The lowest BCUT2D eigenvalue weighted by Gasteiger charge is -2.15. The molecule has 1 heterocycles. The highest BCUT2D eigenvalue weighted by Crippen LogP contribution is 2.05. The number of aryl methyl sites for hydroxylation is 1. The van der Waals surface area contributed by atoms with Crippen LogP contribution in [0.2, 0.25) is 0 Å². The summed E-state index contributed by atoms with van der Waals surface area (Å²) in [5.41, 5.74) is 1.64. The average molecular weight is 300 g/mol. The third-order valence-corrected chi connectivity index (χ3v) is 3.30. The molecule has 116 valence electrons. The van der Waals surface area contributed by atoms with Gasteiger partial charge in [0.05, 0.1) is 12.8 Å². The second kappa shape index (κ2) is 7.45. The van der Waals surface area contributed by atoms with Crippen LogP contribution < -0.4 is 5.32 Å². The van der Waals surface area contributed by atoms with Crippen molar-refractivity contribution < 1.29 is 14.0 Å². The van der Waals surface area contributed by atoms with E-state index in [-0.39, 0.29) is 18.2 Å². The Balaban J connectivity index is 1.75. The highest BCUT2D eigenvalue weighted by Gasteiger charge is 2.11. The summed E-state index contributed by atoms with van der Waals surface area (Å²) in [6.45, 7) is 2.68. The van der Waals surface area contributed by atoms with Crippen LogP contribution in [0.25, 0.3) is 0 Å². The van der Waals surface area contributed by atoms with Crippen LogP contribution in [0.1, 0.15) is 28.1 Å². The fourth-order valence-corrected chi connectivity index (χ4v) is 2.09. The van der Waals surface area contributed by atoms with Gasteiger partial charge in [0.2, 0.25) is 5.91 Å². The van der Waals surface area contributed by atoms with Gasteiger partial charge in [0.1, 0.15) is 5.76 Å². The van der Waals surface area contributed by atoms with E-state index in [9.17, 15) is 9.59 Å². The lowest BCUT2D eigenvalue weighted by Crippen LogP contribution is -2.31. The van der Waals surface area contributed by atoms with Crippen molar-refractivity contribution in [1.82, 2.24) is 10.2 Å². The summed E-state index contributed by atoms with van der Waals surface area (Å²) in [7, 11) is 1.72. The summed E-state index contributed by atoms with van der Waals surface area (Å²) in [6, 6.07) is 11.0. The topological polar surface area (TPSA) is 62.6 Å². The van der Waals surface area contributed by atoms with E-state index in [1.54, 1.807) is 30.3 Å². The third kappa shape index (κ3) is 4.48. The monoisotopic (exact) mass is 300 g/mol. The van der Waals surface area contributed by atoms with Crippen LogP contribution in [-0.4, -0.2) is 30.3 Å². The van der Waals surface area contributed by atoms with Gasteiger partial charge in [-0.3, -0.25) is 9.59 Å². The predicted octanol–water partition coefficient (Wildman–Crippen LogP) is 2.37. The Morgan fingerprint density at radius 2 is 2.05 bits per heavy atom. The van der Waals surface area contributed by atoms with Gasteiger partial charge >= 0.3 is 0 Å². The quantitative estimate of drug-likeness (QED) is 0.891. The summed E-state index contributed by atoms with van der Waals surface area (Å²) < 4.78 is 5.20. The number of amides is 2. The standard InChI is InChI=1S/C17H20N2O3/c1-13-5-3-6-14(11-13)17(21)18-9-8-16(20)19(2)12-15-7-4-10-22-15/h3-7,10-11H,8-9,12H2,1-2H3,(H,18,21). The lowest BCUT2D eigenvalue weighted by molar-refractivity contribution is -0.130. The second-order valence-electron chi connectivity index (χ2n) is 5.20. The van der Waals surface area contributed by atoms with Gasteiger partial charge in [-0.1, -0.05) is 17.7 Å². The Bertz CT molecular complexity index is 635. The Morgan fingerprint density at radius 3 is 2.73 bits per heavy atom. The molecule has 5 nitrogen and oxygen atoms in total. The molecule has 2 amide bonds. The summed E-state index contributed by atoms with van der Waals surface area (Å²) in [5, 5.41) is 2.76. The zero-order valence-corrected chi connectivity index (χ0v) is 12.8. The zero-order valence-electron chi connectivity index (χ0n) is 12.8. The molecule has 0 bridgehead atoms. The molecular weight excluding hydrogens is 280 g/mol. The fraction of sp³-hybridized carbons (Fsp3) is 0.294. The SMILES string of the molecule is Cc1cccc(C(=O)NCCC(=O)N(C)Cc2ccco2)c1. The maximum absolute atomic E-state index is 12.0. The Morgan fingerprint density at radius 1 is 1.23 bits per heavy atom. The molecule has 2 aromatic rings. The minimum atomic E-state index is -0.162. The molecule has 0 unspecified atom stereocenters. The molecule has 0 atom stereocenters. The van der Waals surface area contributed by atoms with Crippen molar-refractivity contribution in [2.75, 3.05) is 13.6 Å². The van der Waals surface area contributed by atoms with E-state index in [0.29, 0.717) is 18.7 Å². The van der Waals surface area contributed by atoms with Crippen LogP contribution in [0.3, 0.4) is 0 Å². The molecule has 0 aliphatic carbocycles. The van der Waals surface area contributed by atoms with Gasteiger partial charge in [0.15, 0.2) is 0 Å². The highest BCUT2D eigenvalue weighted by molar-refractivity contribution is 5.94. The van der Waals surface area contributed by atoms with E-state index < -0.39 is 0 Å². The first kappa shape index (κ1) is 15.8. The van der Waals surface area contributed by atoms with Crippen LogP contribution in [0.4, 0.5) is 0 Å². The molecule has 0 saturated heterocycles. The van der Waals surface area contributed by atoms with E-state index >= 15 is 0 Å². The zero-order chi connectivity index (χ0) is 15.9. The first-order chi connectivity index (χ1) is 10.6. The molecule has 5 heteroatoms. The van der Waals surface area contributed by atoms with Crippen LogP contribution >= 0.6 is 0 Å². The van der Waals surface area contributed by atoms with E-state index in [1.165, 1.54) is 0 Å². The maximum Gasteiger partial charge on any atom is 0.251 e. The second-order valence-corrected chi connectivity index (χ2v) is 5.20. The number of hydrogen-bond donors (Lipinski definition) is 1. The van der Waals surface area contributed by atoms with Gasteiger partial charge in [-0.25, -0.2) is 0 Å². The fourth-order valence-electron chi connectivity index (χ4n) is 2.09. The van der Waals surface area contributed by atoms with Gasteiger partial charge < -0.3 is 14.6 Å². The summed E-state index contributed by atoms with van der Waals surface area (Å²) in [4.78, 5) is 25.5. The van der Waals surface area contributed by atoms with Gasteiger partial charge in [-0.15, -0.1) is 0 Å². The van der Waals surface area contributed by atoms with E-state index in [1.807, 2.05) is 31.2 Å². The lowest BCUT2D eigenvalue weighted by atomic mass is 10.1. The van der Waals surface area contributed by atoms with Gasteiger partial charge in [-0.2, -0.15) is 0 Å². The van der Waals surface area contributed by atoms with E-state index in [2.05, 4.69) is 5.32 Å². The number of rotatable bonds is 6. The van der Waals surface area contributed by atoms with Crippen molar-refractivity contribution in [3.63, 3.8) is 0 Å². The Hall–Kier alpha value is -2.56. The highest BCUT2D eigenvalue weighted by atomic mass is 16.3. The molecule has 1 aromatic heterocycles. The summed E-state index contributed by atoms with van der Waals surface area (Å²) >= 11 is 0. The molecule has 0 saturated carbocycles. The smallest absolute Gasteiger partial charge is 0.251 e. The van der Waals surface area contributed by atoms with Crippen LogP contribution in [0.5, 0.6) is 0 Å². The van der Waals surface area contributed by atoms with Crippen molar-refractivity contribution in [3.8, 4) is 0 Å². The number of carbonyl (C=O) groups excluding carboxylic acids is 2. The Labute approximate surface area is 129 Å². The van der Waals surface area contributed by atoms with Crippen LogP contribution in [-0.2, 0) is 11.3 Å². The van der Waals surface area contributed by atoms with Crippen molar-refractivity contribution in [3.05, 3.63) is 59.5 Å². The van der Waals surface area contributed by atoms with Crippen molar-refractivity contribution in [2.45, 2.75) is 19.9 Å². The molecule has 2 rings (SSSR count). The first-order valence-electron chi connectivity index (χ1n) is 7.17. The van der Waals surface area contributed by atoms with Gasteiger partial charge in [-0.05, 0) is 31.2 Å². The average Bonchev–Trinajstić information content (AvgIpc) is 2.99. The molecule has 0 spiro atoms. The summed E-state index contributed by atoms with van der Waals surface area (Å²) in [6.07, 6.45) is 1.84. The molecule has 0 fully saturated rings. The van der Waals surface area contributed by atoms with Crippen molar-refractivity contribution >= 4 is 11.8 Å². The minimum absolute atomic E-state index is 0.0408. The molecular formula is C17H20N2O3. The van der Waals surface area contributed by atoms with E-state index in [0.717, 1.165) is 11.3 Å². The van der Waals surface area contributed by atoms with Crippen molar-refractivity contribution in [1.29, 1.82) is 0 Å². The molecule has 0 aliphatic heterocycles. The summed E-state index contributed by atoms with van der Waals surface area (Å²) in [5.74, 6) is 0.533. The normalized spacial score (nSPS) is 10.3. The van der Waals surface area contributed by atoms with Crippen molar-refractivity contribution in [2.24, 2.45) is 0 Å². The minimum Gasteiger partial charge on any atom is -0.467 e.